The van der Waals surface area contributed by atoms with Crippen LogP contribution in [0.4, 0.5) is 0 Å². The summed E-state index contributed by atoms with van der Waals surface area (Å²) < 4.78 is 22.0. The monoisotopic (exact) mass is 506 g/mol. The quantitative estimate of drug-likeness (QED) is 0.350. The smallest absolute Gasteiger partial charge is 0.330 e. The van der Waals surface area contributed by atoms with Gasteiger partial charge in [-0.15, -0.1) is 0 Å². The summed E-state index contributed by atoms with van der Waals surface area (Å²) in [5.74, 6) is -4.68. The number of rotatable bonds is 4. The Labute approximate surface area is 213 Å². The van der Waals surface area contributed by atoms with Gasteiger partial charge in [0.05, 0.1) is 13.3 Å². The van der Waals surface area contributed by atoms with E-state index in [1.54, 1.807) is 30.5 Å². The summed E-state index contributed by atoms with van der Waals surface area (Å²) in [6.45, 7) is 5.60. The van der Waals surface area contributed by atoms with E-state index < -0.39 is 47.1 Å². The minimum atomic E-state index is -1.96. The number of cyclic esters (lactones) is 2. The summed E-state index contributed by atoms with van der Waals surface area (Å²) in [5.41, 5.74) is -0.195. The molecule has 3 aliphatic heterocycles. The Morgan fingerprint density at radius 1 is 1.00 bits per heavy atom. The zero-order valence-corrected chi connectivity index (χ0v) is 21.0. The average Bonchev–Trinajstić information content (AvgIpc) is 3.15. The number of carbonyl (C=O) groups excluding carboxylic acids is 4. The molecule has 0 aliphatic carbocycles. The number of Topliss-reactive ketones (excluding diaryl/α,β-unsaturated/α-hetero) is 1. The van der Waals surface area contributed by atoms with Crippen LogP contribution in [0.2, 0.25) is 0 Å². The van der Waals surface area contributed by atoms with Gasteiger partial charge in [0.1, 0.15) is 12.1 Å². The maximum atomic E-state index is 14.0. The lowest BCUT2D eigenvalue weighted by molar-refractivity contribution is -0.254. The van der Waals surface area contributed by atoms with Crippen molar-refractivity contribution in [3.63, 3.8) is 0 Å². The van der Waals surface area contributed by atoms with Crippen LogP contribution >= 0.6 is 0 Å². The molecule has 0 radical (unpaired) electrons. The molecule has 0 saturated carbocycles. The Morgan fingerprint density at radius 2 is 1.68 bits per heavy atom. The van der Waals surface area contributed by atoms with Crippen molar-refractivity contribution in [3.8, 4) is 11.5 Å². The van der Waals surface area contributed by atoms with Gasteiger partial charge in [-0.3, -0.25) is 24.2 Å². The van der Waals surface area contributed by atoms with Gasteiger partial charge >= 0.3 is 17.9 Å². The van der Waals surface area contributed by atoms with Crippen LogP contribution in [0.25, 0.3) is 0 Å². The fraction of sp³-hybridized carbons (Fsp3) is 0.370. The molecule has 192 valence electrons. The lowest BCUT2D eigenvalue weighted by atomic mass is 9.65. The highest BCUT2D eigenvalue weighted by molar-refractivity contribution is 6.07. The van der Waals surface area contributed by atoms with Gasteiger partial charge in [-0.05, 0) is 35.7 Å². The predicted molar refractivity (Wildman–Crippen MR) is 129 cm³/mol. The lowest BCUT2D eigenvalue weighted by Gasteiger charge is -2.44. The van der Waals surface area contributed by atoms with Crippen molar-refractivity contribution in [1.82, 2.24) is 5.01 Å². The third-order valence-corrected chi connectivity index (χ3v) is 6.98. The van der Waals surface area contributed by atoms with Crippen molar-refractivity contribution in [3.05, 3.63) is 59.2 Å². The van der Waals surface area contributed by atoms with Crippen LogP contribution in [-0.4, -0.2) is 53.9 Å². The van der Waals surface area contributed by atoms with Gasteiger partial charge < -0.3 is 18.9 Å². The van der Waals surface area contributed by atoms with E-state index in [0.717, 1.165) is 0 Å². The highest BCUT2D eigenvalue weighted by atomic mass is 16.7. The van der Waals surface area contributed by atoms with E-state index in [0.29, 0.717) is 16.7 Å². The molecule has 0 aromatic heterocycles. The fourth-order valence-electron chi connectivity index (χ4n) is 5.65. The summed E-state index contributed by atoms with van der Waals surface area (Å²) in [5, 5.41) is 6.04. The normalized spacial score (nSPS) is 24.6. The standard InChI is InChI=1S/C27H26N2O8/c1-14(30)22-21(16-10-11-19(35-15(2)31)20(12-16)34-5)27(24(32)36-26(3,4)37-25(27)33)23-18-9-7-6-8-17(18)13-28-29(22)23/h6-13,21-23H,1-5H3. The lowest BCUT2D eigenvalue weighted by Crippen LogP contribution is -2.58. The molecule has 0 bridgehead atoms. The van der Waals surface area contributed by atoms with Crippen molar-refractivity contribution >= 4 is 29.9 Å². The van der Waals surface area contributed by atoms with Gasteiger partial charge in [0, 0.05) is 26.7 Å². The minimum Gasteiger partial charge on any atom is -0.493 e. The van der Waals surface area contributed by atoms with Gasteiger partial charge in [-0.1, -0.05) is 30.3 Å². The van der Waals surface area contributed by atoms with Crippen LogP contribution in [0.1, 0.15) is 56.3 Å². The molecule has 3 heterocycles. The Bertz CT molecular complexity index is 1340. The molecule has 2 aromatic carbocycles. The largest absolute Gasteiger partial charge is 0.493 e. The number of hydrogen-bond donors (Lipinski definition) is 0. The molecular formula is C27H26N2O8. The summed E-state index contributed by atoms with van der Waals surface area (Å²) in [7, 11) is 1.40. The van der Waals surface area contributed by atoms with Crippen molar-refractivity contribution in [2.24, 2.45) is 10.5 Å². The van der Waals surface area contributed by atoms with Gasteiger partial charge in [0.2, 0.25) is 5.41 Å². The second-order valence-electron chi connectivity index (χ2n) is 9.74. The van der Waals surface area contributed by atoms with Crippen LogP contribution in [0.3, 0.4) is 0 Å². The average molecular weight is 507 g/mol. The number of ketones is 1. The van der Waals surface area contributed by atoms with Crippen molar-refractivity contribution in [2.45, 2.75) is 51.5 Å². The second kappa shape index (κ2) is 8.43. The van der Waals surface area contributed by atoms with Crippen molar-refractivity contribution in [2.75, 3.05) is 7.11 Å². The molecule has 3 unspecified atom stereocenters. The third kappa shape index (κ3) is 3.58. The van der Waals surface area contributed by atoms with Gasteiger partial charge in [0.25, 0.3) is 5.79 Å². The maximum Gasteiger partial charge on any atom is 0.330 e. The summed E-state index contributed by atoms with van der Waals surface area (Å²) in [4.78, 5) is 52.8. The van der Waals surface area contributed by atoms with E-state index in [1.807, 2.05) is 12.1 Å². The summed E-state index contributed by atoms with van der Waals surface area (Å²) in [6.07, 6.45) is 1.60. The van der Waals surface area contributed by atoms with Crippen molar-refractivity contribution in [1.29, 1.82) is 0 Å². The van der Waals surface area contributed by atoms with Gasteiger partial charge in [-0.25, -0.2) is 0 Å². The minimum absolute atomic E-state index is 0.154. The molecule has 0 N–H and O–H groups in total. The SMILES string of the molecule is COc1cc(C2C(C(C)=O)N3N=Cc4ccccc4C3C23C(=O)OC(C)(C)OC3=O)ccc1OC(C)=O. The molecule has 1 spiro atoms. The van der Waals surface area contributed by atoms with Gasteiger partial charge in [0.15, 0.2) is 17.3 Å². The van der Waals surface area contributed by atoms with E-state index >= 15 is 0 Å². The Hall–Kier alpha value is -4.21. The van der Waals surface area contributed by atoms with E-state index in [9.17, 15) is 19.2 Å². The molecule has 3 atom stereocenters. The number of nitrogens with zero attached hydrogens (tertiary/aromatic N) is 2. The zero-order chi connectivity index (χ0) is 26.7. The molecule has 2 saturated heterocycles. The summed E-state index contributed by atoms with van der Waals surface area (Å²) >= 11 is 0. The molecule has 0 amide bonds. The highest BCUT2D eigenvalue weighted by Crippen LogP contribution is 2.63. The van der Waals surface area contributed by atoms with Crippen LogP contribution < -0.4 is 9.47 Å². The first-order chi connectivity index (χ1) is 17.5. The molecule has 2 aromatic rings. The van der Waals surface area contributed by atoms with Crippen molar-refractivity contribution < 1.29 is 38.1 Å². The Morgan fingerprint density at radius 3 is 2.30 bits per heavy atom. The number of carbonyl (C=O) groups is 4. The number of benzene rings is 2. The molecule has 3 aliphatic rings. The first-order valence-corrected chi connectivity index (χ1v) is 11.8. The molecule has 10 heteroatoms. The number of fused-ring (bicyclic) bond motifs is 4. The van der Waals surface area contributed by atoms with E-state index in [4.69, 9.17) is 18.9 Å². The first-order valence-electron chi connectivity index (χ1n) is 11.8. The topological polar surface area (TPSA) is 121 Å². The number of esters is 3. The predicted octanol–water partition coefficient (Wildman–Crippen LogP) is 2.89. The Kier molecular flexibility index (Phi) is 5.58. The van der Waals surface area contributed by atoms with Crippen LogP contribution in [0.5, 0.6) is 11.5 Å². The number of hydrazone groups is 1. The first kappa shape index (κ1) is 24.5. The molecule has 2 fully saturated rings. The van der Waals surface area contributed by atoms with Crippen LogP contribution in [0, 0.1) is 5.41 Å². The van der Waals surface area contributed by atoms with E-state index in [-0.39, 0.29) is 17.3 Å². The van der Waals surface area contributed by atoms with E-state index in [1.165, 1.54) is 45.9 Å². The highest BCUT2D eigenvalue weighted by Gasteiger charge is 2.74. The fourth-order valence-corrected chi connectivity index (χ4v) is 5.65. The Balaban J connectivity index is 1.79. The number of ether oxygens (including phenoxy) is 4. The third-order valence-electron chi connectivity index (χ3n) is 6.98. The molecular weight excluding hydrogens is 480 g/mol. The molecule has 5 rings (SSSR count). The van der Waals surface area contributed by atoms with Gasteiger partial charge in [-0.2, -0.15) is 5.10 Å². The molecule has 10 nitrogen and oxygen atoms in total. The zero-order valence-electron chi connectivity index (χ0n) is 21.0. The van der Waals surface area contributed by atoms with E-state index in [2.05, 4.69) is 5.10 Å². The van der Waals surface area contributed by atoms with Crippen LogP contribution in [-0.2, 0) is 28.7 Å². The number of methoxy groups -OCH3 is 1. The summed E-state index contributed by atoms with van der Waals surface area (Å²) in [6, 6.07) is 9.89. The molecule has 37 heavy (non-hydrogen) atoms. The maximum absolute atomic E-state index is 14.0. The second-order valence-corrected chi connectivity index (χ2v) is 9.74. The number of hydrogen-bond acceptors (Lipinski definition) is 10. The van der Waals surface area contributed by atoms with Crippen LogP contribution in [0.15, 0.2) is 47.6 Å².